The van der Waals surface area contributed by atoms with Crippen molar-refractivity contribution in [3.8, 4) is 0 Å². The van der Waals surface area contributed by atoms with Crippen LogP contribution in [0, 0.1) is 0 Å². The molecule has 1 aliphatic heterocycles. The van der Waals surface area contributed by atoms with Crippen molar-refractivity contribution in [1.29, 1.82) is 0 Å². The van der Waals surface area contributed by atoms with E-state index in [0.29, 0.717) is 17.7 Å². The zero-order valence-corrected chi connectivity index (χ0v) is 18.1. The molecule has 2 aromatic heterocycles. The Morgan fingerprint density at radius 2 is 1.90 bits per heavy atom. The van der Waals surface area contributed by atoms with Crippen LogP contribution in [0.1, 0.15) is 28.1 Å². The number of aliphatic hydroxyl groups is 1. The van der Waals surface area contributed by atoms with Gasteiger partial charge in [0.1, 0.15) is 5.76 Å². The van der Waals surface area contributed by atoms with Gasteiger partial charge in [-0.3, -0.25) is 14.6 Å². The normalized spacial score (nSPS) is 19.2. The number of amides is 1. The van der Waals surface area contributed by atoms with Crippen molar-refractivity contribution in [3.05, 3.63) is 93.9 Å². The van der Waals surface area contributed by atoms with Gasteiger partial charge in [-0.2, -0.15) is 0 Å². The van der Waals surface area contributed by atoms with Gasteiger partial charge in [0.25, 0.3) is 11.7 Å². The molecule has 0 saturated carbocycles. The monoisotopic (exact) mass is 433 g/mol. The van der Waals surface area contributed by atoms with Crippen LogP contribution in [0.3, 0.4) is 0 Å². The average Bonchev–Trinajstić information content (AvgIpc) is 3.40. The van der Waals surface area contributed by atoms with Gasteiger partial charge in [-0.1, -0.05) is 42.5 Å². The molecule has 0 aliphatic carbocycles. The largest absolute Gasteiger partial charge is 0.507 e. The highest BCUT2D eigenvalue weighted by Crippen LogP contribution is 2.40. The molecule has 6 nitrogen and oxygen atoms in total. The van der Waals surface area contributed by atoms with Crippen molar-refractivity contribution < 1.29 is 14.7 Å². The molecule has 1 aromatic carbocycles. The number of Topliss-reactive ketones (excluding diaryl/α,β-unsaturated/α-hetero) is 1. The molecule has 0 unspecified atom stereocenters. The van der Waals surface area contributed by atoms with E-state index in [1.807, 2.05) is 48.6 Å². The summed E-state index contributed by atoms with van der Waals surface area (Å²) < 4.78 is 0. The van der Waals surface area contributed by atoms with E-state index in [2.05, 4.69) is 4.98 Å². The number of hydrogen-bond acceptors (Lipinski definition) is 6. The zero-order valence-electron chi connectivity index (χ0n) is 17.3. The van der Waals surface area contributed by atoms with Gasteiger partial charge >= 0.3 is 0 Å². The number of ketones is 1. The summed E-state index contributed by atoms with van der Waals surface area (Å²) in [5.41, 5.74) is 1.27. The Kier molecular flexibility index (Phi) is 5.97. The van der Waals surface area contributed by atoms with E-state index in [1.54, 1.807) is 59.0 Å². The van der Waals surface area contributed by atoms with Gasteiger partial charge in [0, 0.05) is 29.4 Å². The maximum Gasteiger partial charge on any atom is 0.295 e. The number of rotatable bonds is 6. The Hall–Kier alpha value is -3.29. The number of aromatic nitrogens is 1. The summed E-state index contributed by atoms with van der Waals surface area (Å²) in [6.45, 7) is 0.309. The number of nitrogens with zero attached hydrogens (tertiary/aromatic N) is 3. The highest BCUT2D eigenvalue weighted by Gasteiger charge is 2.47. The molecule has 2 atom stereocenters. The Labute approximate surface area is 185 Å². The standard InChI is InChI=1S/C24H23N3O3S/c1-26(2)18(19-11-7-13-31-19)15-27-21(17-10-6-12-25-14-17)20(23(29)24(27)30)22(28)16-8-4-3-5-9-16/h3-14,18,21,28H,15H2,1-2H3/b22-20+/t18-,21+/m1/s1. The molecule has 0 bridgehead atoms. The summed E-state index contributed by atoms with van der Waals surface area (Å²) in [5.74, 6) is -1.47. The number of benzene rings is 1. The van der Waals surface area contributed by atoms with E-state index in [0.717, 1.165) is 4.88 Å². The molecule has 0 radical (unpaired) electrons. The minimum atomic E-state index is -0.712. The van der Waals surface area contributed by atoms with Crippen LogP contribution in [0.5, 0.6) is 0 Å². The lowest BCUT2D eigenvalue weighted by Gasteiger charge is -2.32. The van der Waals surface area contributed by atoms with E-state index >= 15 is 0 Å². The van der Waals surface area contributed by atoms with Gasteiger partial charge in [0.05, 0.1) is 17.7 Å². The Morgan fingerprint density at radius 3 is 2.52 bits per heavy atom. The maximum absolute atomic E-state index is 13.2. The second-order valence-electron chi connectivity index (χ2n) is 7.60. The second kappa shape index (κ2) is 8.83. The molecule has 7 heteroatoms. The van der Waals surface area contributed by atoms with Crippen LogP contribution >= 0.6 is 11.3 Å². The minimum Gasteiger partial charge on any atom is -0.507 e. The van der Waals surface area contributed by atoms with Crippen molar-refractivity contribution in [2.24, 2.45) is 0 Å². The van der Waals surface area contributed by atoms with Crippen molar-refractivity contribution in [1.82, 2.24) is 14.8 Å². The highest BCUT2D eigenvalue weighted by atomic mass is 32.1. The summed E-state index contributed by atoms with van der Waals surface area (Å²) in [4.78, 5) is 35.1. The molecular formula is C24H23N3O3S. The van der Waals surface area contributed by atoms with Crippen LogP contribution in [0.2, 0.25) is 0 Å². The summed E-state index contributed by atoms with van der Waals surface area (Å²) in [7, 11) is 3.90. The number of thiophene rings is 1. The number of carbonyl (C=O) groups is 2. The van der Waals surface area contributed by atoms with E-state index in [-0.39, 0.29) is 17.4 Å². The average molecular weight is 434 g/mol. The fraction of sp³-hybridized carbons (Fsp3) is 0.208. The lowest BCUT2D eigenvalue weighted by molar-refractivity contribution is -0.140. The lowest BCUT2D eigenvalue weighted by atomic mass is 9.96. The number of carbonyl (C=O) groups excluding carboxylic acids is 2. The van der Waals surface area contributed by atoms with Crippen molar-refractivity contribution in [2.75, 3.05) is 20.6 Å². The third-order valence-electron chi connectivity index (χ3n) is 5.45. The SMILES string of the molecule is CN(C)[C@H](CN1C(=O)C(=O)/C(=C(/O)c2ccccc2)[C@@H]1c1cccnc1)c1cccs1. The smallest absolute Gasteiger partial charge is 0.295 e. The van der Waals surface area contributed by atoms with Gasteiger partial charge in [-0.15, -0.1) is 11.3 Å². The predicted octanol–water partition coefficient (Wildman–Crippen LogP) is 3.87. The summed E-state index contributed by atoms with van der Waals surface area (Å²) >= 11 is 1.61. The summed E-state index contributed by atoms with van der Waals surface area (Å²) in [6, 6.07) is 15.6. The fourth-order valence-corrected chi connectivity index (χ4v) is 4.79. The molecule has 1 fully saturated rings. The van der Waals surface area contributed by atoms with E-state index in [9.17, 15) is 14.7 Å². The van der Waals surface area contributed by atoms with Crippen LogP contribution in [-0.4, -0.2) is 52.2 Å². The van der Waals surface area contributed by atoms with Gasteiger partial charge in [-0.05, 0) is 37.2 Å². The first kappa shape index (κ1) is 21.0. The van der Waals surface area contributed by atoms with Crippen LogP contribution in [-0.2, 0) is 9.59 Å². The maximum atomic E-state index is 13.2. The van der Waals surface area contributed by atoms with Gasteiger partial charge in [0.15, 0.2) is 0 Å². The predicted molar refractivity (Wildman–Crippen MR) is 120 cm³/mol. The third kappa shape index (κ3) is 4.02. The molecule has 1 N–H and O–H groups in total. The first-order chi connectivity index (χ1) is 15.0. The molecule has 0 spiro atoms. The number of hydrogen-bond donors (Lipinski definition) is 1. The van der Waals surface area contributed by atoms with Gasteiger partial charge in [-0.25, -0.2) is 0 Å². The molecule has 31 heavy (non-hydrogen) atoms. The molecule has 1 saturated heterocycles. The summed E-state index contributed by atoms with van der Waals surface area (Å²) in [6.07, 6.45) is 3.28. The molecule has 1 aliphatic rings. The number of likely N-dealkylation sites (tertiary alicyclic amines) is 1. The Balaban J connectivity index is 1.83. The third-order valence-corrected chi connectivity index (χ3v) is 6.43. The Bertz CT molecular complexity index is 1100. The van der Waals surface area contributed by atoms with Crippen molar-refractivity contribution >= 4 is 28.8 Å². The quantitative estimate of drug-likeness (QED) is 0.363. The van der Waals surface area contributed by atoms with Gasteiger partial charge < -0.3 is 14.9 Å². The van der Waals surface area contributed by atoms with E-state index < -0.39 is 17.7 Å². The summed E-state index contributed by atoms with van der Waals surface area (Å²) in [5, 5.41) is 13.0. The molecule has 3 heterocycles. The minimum absolute atomic E-state index is 0.0888. The Morgan fingerprint density at radius 1 is 1.13 bits per heavy atom. The molecular weight excluding hydrogens is 410 g/mol. The first-order valence-corrected chi connectivity index (χ1v) is 10.8. The van der Waals surface area contributed by atoms with Crippen LogP contribution in [0.15, 0.2) is 77.9 Å². The van der Waals surface area contributed by atoms with E-state index in [4.69, 9.17) is 0 Å². The van der Waals surface area contributed by atoms with Crippen LogP contribution in [0.25, 0.3) is 5.76 Å². The van der Waals surface area contributed by atoms with E-state index in [1.165, 1.54) is 0 Å². The van der Waals surface area contributed by atoms with Crippen molar-refractivity contribution in [3.63, 3.8) is 0 Å². The van der Waals surface area contributed by atoms with Crippen LogP contribution < -0.4 is 0 Å². The first-order valence-electron chi connectivity index (χ1n) is 9.92. The van der Waals surface area contributed by atoms with Crippen molar-refractivity contribution in [2.45, 2.75) is 12.1 Å². The molecule has 4 rings (SSSR count). The highest BCUT2D eigenvalue weighted by molar-refractivity contribution is 7.10. The molecule has 1 amide bonds. The molecule has 158 valence electrons. The molecule has 3 aromatic rings. The van der Waals surface area contributed by atoms with Crippen LogP contribution in [0.4, 0.5) is 0 Å². The number of pyridine rings is 1. The second-order valence-corrected chi connectivity index (χ2v) is 8.58. The zero-order chi connectivity index (χ0) is 22.0. The lowest BCUT2D eigenvalue weighted by Crippen LogP contribution is -2.37. The number of likely N-dealkylation sites (N-methyl/N-ethyl adjacent to an activating group) is 1. The van der Waals surface area contributed by atoms with Gasteiger partial charge in [0.2, 0.25) is 0 Å². The fourth-order valence-electron chi connectivity index (χ4n) is 3.88. The topological polar surface area (TPSA) is 73.7 Å². The number of aliphatic hydroxyl groups excluding tert-OH is 1.